The fraction of sp³-hybridized carbons (Fsp3) is 0.833. The Hall–Kier alpha value is -1.26. The summed E-state index contributed by atoms with van der Waals surface area (Å²) < 4.78 is 4.97. The Labute approximate surface area is 103 Å². The van der Waals surface area contributed by atoms with E-state index < -0.39 is 23.0 Å². The molecule has 0 bridgehead atoms. The molecule has 100 valence electrons. The van der Waals surface area contributed by atoms with Crippen LogP contribution in [0.1, 0.15) is 41.5 Å². The Morgan fingerprint density at radius 3 is 2.06 bits per heavy atom. The summed E-state index contributed by atoms with van der Waals surface area (Å²) in [5.41, 5.74) is -1.98. The van der Waals surface area contributed by atoms with E-state index in [2.05, 4.69) is 5.32 Å². The molecule has 0 heterocycles. The van der Waals surface area contributed by atoms with Crippen molar-refractivity contribution in [2.75, 3.05) is 6.61 Å². The van der Waals surface area contributed by atoms with Crippen molar-refractivity contribution in [2.24, 2.45) is 11.3 Å². The SMILES string of the molecule is CC(C)COC(=O)NC(C)(C)C(C)(C)C(=O)O. The number of carboxylic acids is 1. The van der Waals surface area contributed by atoms with E-state index in [9.17, 15) is 9.59 Å². The molecule has 0 radical (unpaired) electrons. The van der Waals surface area contributed by atoms with Crippen LogP contribution in [0.25, 0.3) is 0 Å². The van der Waals surface area contributed by atoms with Gasteiger partial charge in [0, 0.05) is 0 Å². The van der Waals surface area contributed by atoms with Gasteiger partial charge < -0.3 is 15.2 Å². The van der Waals surface area contributed by atoms with Gasteiger partial charge in [-0.3, -0.25) is 4.79 Å². The molecule has 5 heteroatoms. The van der Waals surface area contributed by atoms with Crippen LogP contribution in [-0.4, -0.2) is 29.3 Å². The van der Waals surface area contributed by atoms with Crippen molar-refractivity contribution < 1.29 is 19.4 Å². The zero-order valence-corrected chi connectivity index (χ0v) is 11.5. The van der Waals surface area contributed by atoms with Gasteiger partial charge in [0.1, 0.15) is 0 Å². The van der Waals surface area contributed by atoms with Gasteiger partial charge in [-0.15, -0.1) is 0 Å². The quantitative estimate of drug-likeness (QED) is 0.779. The molecular formula is C12H23NO4. The number of rotatable bonds is 5. The molecule has 0 aliphatic heterocycles. The van der Waals surface area contributed by atoms with E-state index in [1.54, 1.807) is 27.7 Å². The largest absolute Gasteiger partial charge is 0.481 e. The molecule has 0 rings (SSSR count). The smallest absolute Gasteiger partial charge is 0.407 e. The fourth-order valence-corrected chi connectivity index (χ4v) is 0.957. The second-order valence-electron chi connectivity index (χ2n) is 5.67. The lowest BCUT2D eigenvalue weighted by Crippen LogP contribution is -2.57. The lowest BCUT2D eigenvalue weighted by Gasteiger charge is -2.38. The molecule has 17 heavy (non-hydrogen) atoms. The van der Waals surface area contributed by atoms with Crippen molar-refractivity contribution in [1.82, 2.24) is 5.32 Å². The summed E-state index contributed by atoms with van der Waals surface area (Å²) in [6, 6.07) is 0. The molecular weight excluding hydrogens is 222 g/mol. The van der Waals surface area contributed by atoms with E-state index in [0.717, 1.165) is 0 Å². The number of hydrogen-bond acceptors (Lipinski definition) is 3. The number of amides is 1. The summed E-state index contributed by atoms with van der Waals surface area (Å²) in [5, 5.41) is 11.7. The van der Waals surface area contributed by atoms with Gasteiger partial charge in [-0.25, -0.2) is 4.79 Å². The van der Waals surface area contributed by atoms with Crippen LogP contribution in [0.4, 0.5) is 4.79 Å². The molecule has 0 aromatic carbocycles. The summed E-state index contributed by atoms with van der Waals surface area (Å²) in [6.45, 7) is 10.6. The zero-order chi connectivity index (χ0) is 13.9. The van der Waals surface area contributed by atoms with Crippen molar-refractivity contribution in [1.29, 1.82) is 0 Å². The van der Waals surface area contributed by atoms with E-state index in [0.29, 0.717) is 6.61 Å². The lowest BCUT2D eigenvalue weighted by molar-refractivity contribution is -0.150. The molecule has 0 atom stereocenters. The first-order valence-electron chi connectivity index (χ1n) is 5.69. The maximum absolute atomic E-state index is 11.5. The molecule has 0 fully saturated rings. The van der Waals surface area contributed by atoms with E-state index in [1.807, 2.05) is 13.8 Å². The van der Waals surface area contributed by atoms with Crippen molar-refractivity contribution in [3.63, 3.8) is 0 Å². The Bertz CT molecular complexity index is 295. The number of ether oxygens (including phenoxy) is 1. The van der Waals surface area contributed by atoms with Crippen LogP contribution >= 0.6 is 0 Å². The number of alkyl carbamates (subject to hydrolysis) is 1. The maximum Gasteiger partial charge on any atom is 0.407 e. The summed E-state index contributed by atoms with van der Waals surface area (Å²) in [4.78, 5) is 22.6. The van der Waals surface area contributed by atoms with Crippen LogP contribution in [0.2, 0.25) is 0 Å². The standard InChI is InChI=1S/C12H23NO4/c1-8(2)7-17-10(16)13-12(5,6)11(3,4)9(14)15/h8H,7H2,1-6H3,(H,13,16)(H,14,15). The highest BCUT2D eigenvalue weighted by atomic mass is 16.5. The van der Waals surface area contributed by atoms with E-state index >= 15 is 0 Å². The van der Waals surface area contributed by atoms with Crippen LogP contribution in [0.3, 0.4) is 0 Å². The normalized spacial score (nSPS) is 12.4. The van der Waals surface area contributed by atoms with Crippen LogP contribution in [-0.2, 0) is 9.53 Å². The van der Waals surface area contributed by atoms with Gasteiger partial charge in [0.25, 0.3) is 0 Å². The minimum Gasteiger partial charge on any atom is -0.481 e. The number of carboxylic acid groups (broad SMARTS) is 1. The Morgan fingerprint density at radius 2 is 1.71 bits per heavy atom. The van der Waals surface area contributed by atoms with Crippen molar-refractivity contribution in [2.45, 2.75) is 47.1 Å². The number of hydrogen-bond donors (Lipinski definition) is 2. The summed E-state index contributed by atoms with van der Waals surface area (Å²) in [6.07, 6.45) is -0.585. The van der Waals surface area contributed by atoms with Gasteiger partial charge >= 0.3 is 12.1 Å². The van der Waals surface area contributed by atoms with E-state index in [4.69, 9.17) is 9.84 Å². The van der Waals surface area contributed by atoms with Crippen LogP contribution in [0, 0.1) is 11.3 Å². The fourth-order valence-electron chi connectivity index (χ4n) is 0.957. The first-order chi connectivity index (χ1) is 7.50. The topological polar surface area (TPSA) is 75.6 Å². The molecule has 5 nitrogen and oxygen atoms in total. The molecule has 0 aliphatic rings. The summed E-state index contributed by atoms with van der Waals surface area (Å²) in [7, 11) is 0. The van der Waals surface area contributed by atoms with Crippen LogP contribution < -0.4 is 5.32 Å². The highest BCUT2D eigenvalue weighted by molar-refractivity contribution is 5.77. The predicted octanol–water partition coefficient (Wildman–Crippen LogP) is 2.26. The Morgan fingerprint density at radius 1 is 1.24 bits per heavy atom. The van der Waals surface area contributed by atoms with Crippen molar-refractivity contribution >= 4 is 12.1 Å². The number of aliphatic carboxylic acids is 1. The molecule has 0 aromatic heterocycles. The molecule has 0 saturated carbocycles. The summed E-state index contributed by atoms with van der Waals surface area (Å²) in [5.74, 6) is -0.719. The molecule has 0 spiro atoms. The van der Waals surface area contributed by atoms with Gasteiger partial charge in [-0.2, -0.15) is 0 Å². The number of carbonyl (C=O) groups excluding carboxylic acids is 1. The minimum atomic E-state index is -1.08. The number of carbonyl (C=O) groups is 2. The Kier molecular flexibility index (Phi) is 4.98. The maximum atomic E-state index is 11.5. The third kappa shape index (κ3) is 4.24. The third-order valence-corrected chi connectivity index (χ3v) is 3.06. The van der Waals surface area contributed by atoms with Crippen molar-refractivity contribution in [3.8, 4) is 0 Å². The first-order valence-corrected chi connectivity index (χ1v) is 5.69. The first kappa shape index (κ1) is 15.7. The molecule has 0 aromatic rings. The van der Waals surface area contributed by atoms with Crippen LogP contribution in [0.5, 0.6) is 0 Å². The zero-order valence-electron chi connectivity index (χ0n) is 11.5. The monoisotopic (exact) mass is 245 g/mol. The lowest BCUT2D eigenvalue weighted by atomic mass is 9.74. The molecule has 0 saturated heterocycles. The van der Waals surface area contributed by atoms with Gasteiger partial charge in [0.15, 0.2) is 0 Å². The number of nitrogens with one attached hydrogen (secondary N) is 1. The van der Waals surface area contributed by atoms with E-state index in [1.165, 1.54) is 0 Å². The molecule has 0 aliphatic carbocycles. The van der Waals surface area contributed by atoms with Gasteiger partial charge in [-0.1, -0.05) is 13.8 Å². The van der Waals surface area contributed by atoms with Gasteiger partial charge in [-0.05, 0) is 33.6 Å². The third-order valence-electron chi connectivity index (χ3n) is 3.06. The van der Waals surface area contributed by atoms with E-state index in [-0.39, 0.29) is 5.92 Å². The highest BCUT2D eigenvalue weighted by Crippen LogP contribution is 2.30. The van der Waals surface area contributed by atoms with Crippen LogP contribution in [0.15, 0.2) is 0 Å². The second-order valence-corrected chi connectivity index (χ2v) is 5.67. The Balaban J connectivity index is 4.54. The summed E-state index contributed by atoms with van der Waals surface area (Å²) >= 11 is 0. The van der Waals surface area contributed by atoms with Gasteiger partial charge in [0.2, 0.25) is 0 Å². The predicted molar refractivity (Wildman–Crippen MR) is 64.8 cm³/mol. The molecule has 0 unspecified atom stereocenters. The average molecular weight is 245 g/mol. The molecule has 1 amide bonds. The highest BCUT2D eigenvalue weighted by Gasteiger charge is 2.44. The molecule has 2 N–H and O–H groups in total. The van der Waals surface area contributed by atoms with Crippen molar-refractivity contribution in [3.05, 3.63) is 0 Å². The minimum absolute atomic E-state index is 0.247. The van der Waals surface area contributed by atoms with Gasteiger partial charge in [0.05, 0.1) is 17.6 Å². The second kappa shape index (κ2) is 5.38. The average Bonchev–Trinajstić information content (AvgIpc) is 2.13.